The van der Waals surface area contributed by atoms with Crippen LogP contribution in [0.3, 0.4) is 0 Å². The Morgan fingerprint density at radius 2 is 1.27 bits per heavy atom. The van der Waals surface area contributed by atoms with E-state index in [1.165, 1.54) is 30.3 Å². The van der Waals surface area contributed by atoms with Gasteiger partial charge in [0.25, 0.3) is 0 Å². The monoisotopic (exact) mass is 566 g/mol. The normalized spacial score (nSPS) is 34.6. The van der Waals surface area contributed by atoms with Crippen LogP contribution in [0.1, 0.15) is 0 Å². The number of aliphatic hydroxyl groups excluding tert-OH is 7. The number of phenolic OH excluding ortho intramolecular Hbond substituents is 2. The van der Waals surface area contributed by atoms with Crippen molar-refractivity contribution in [3.05, 3.63) is 52.7 Å². The van der Waals surface area contributed by atoms with E-state index in [9.17, 15) is 50.8 Å². The van der Waals surface area contributed by atoms with Crippen LogP contribution in [0.2, 0.25) is 0 Å². The minimum absolute atomic E-state index is 0.00430. The molecule has 3 heterocycles. The molecule has 40 heavy (non-hydrogen) atoms. The summed E-state index contributed by atoms with van der Waals surface area (Å²) in [6, 6.07) is 9.15. The van der Waals surface area contributed by atoms with Gasteiger partial charge in [-0.25, -0.2) is 0 Å². The van der Waals surface area contributed by atoms with Gasteiger partial charge in [-0.05, 0) is 24.3 Å². The molecule has 216 valence electrons. The predicted molar refractivity (Wildman–Crippen MR) is 129 cm³/mol. The van der Waals surface area contributed by atoms with Crippen LogP contribution in [0, 0.1) is 0 Å². The molecule has 2 saturated heterocycles. The summed E-state index contributed by atoms with van der Waals surface area (Å²) in [5, 5.41) is 90.2. The van der Waals surface area contributed by atoms with Crippen molar-refractivity contribution in [3.63, 3.8) is 0 Å². The maximum Gasteiger partial charge on any atom is 0.231 e. The molecule has 0 spiro atoms. The highest BCUT2D eigenvalue weighted by molar-refractivity contribution is 5.86. The van der Waals surface area contributed by atoms with Crippen molar-refractivity contribution in [2.45, 2.75) is 61.8 Å². The van der Waals surface area contributed by atoms with Gasteiger partial charge in [0, 0.05) is 23.8 Å². The molecular formula is C25H26O15. The number of aliphatic hydroxyl groups is 7. The molecule has 2 aromatic carbocycles. The summed E-state index contributed by atoms with van der Waals surface area (Å²) in [6.07, 6.45) is -18.8. The van der Waals surface area contributed by atoms with E-state index in [1.54, 1.807) is 0 Å². The minimum Gasteiger partial charge on any atom is -0.508 e. The molecule has 0 amide bonds. The molecule has 0 unspecified atom stereocenters. The third-order valence-corrected chi connectivity index (χ3v) is 6.53. The van der Waals surface area contributed by atoms with Crippen molar-refractivity contribution in [2.24, 2.45) is 0 Å². The average molecular weight is 566 g/mol. The van der Waals surface area contributed by atoms with Gasteiger partial charge in [0.1, 0.15) is 70.6 Å². The highest BCUT2D eigenvalue weighted by Gasteiger charge is 2.50. The summed E-state index contributed by atoms with van der Waals surface area (Å²) in [4.78, 5) is 12.7. The number of hydrogen-bond donors (Lipinski definition) is 9. The first-order valence-electron chi connectivity index (χ1n) is 11.9. The Hall–Kier alpha value is -3.35. The lowest BCUT2D eigenvalue weighted by atomic mass is 10.0. The zero-order valence-electron chi connectivity index (χ0n) is 20.3. The Balaban J connectivity index is 1.40. The fraction of sp³-hybridized carbons (Fsp3) is 0.400. The lowest BCUT2D eigenvalue weighted by molar-refractivity contribution is -0.404. The lowest BCUT2D eigenvalue weighted by Crippen LogP contribution is -2.63. The van der Waals surface area contributed by atoms with Gasteiger partial charge in [0.2, 0.25) is 6.29 Å². The second-order valence-corrected chi connectivity index (χ2v) is 9.30. The molecule has 2 aliphatic heterocycles. The molecule has 15 heteroatoms. The Kier molecular flexibility index (Phi) is 7.68. The molecule has 15 nitrogen and oxygen atoms in total. The van der Waals surface area contributed by atoms with Crippen LogP contribution in [0.4, 0.5) is 0 Å². The highest BCUT2D eigenvalue weighted by Crippen LogP contribution is 2.34. The molecule has 5 rings (SSSR count). The molecule has 2 fully saturated rings. The van der Waals surface area contributed by atoms with Crippen LogP contribution in [-0.2, 0) is 14.2 Å². The summed E-state index contributed by atoms with van der Waals surface area (Å²) in [7, 11) is 0. The van der Waals surface area contributed by atoms with Crippen LogP contribution in [-0.4, -0.2) is 108 Å². The largest absolute Gasteiger partial charge is 0.508 e. The molecule has 0 bridgehead atoms. The summed E-state index contributed by atoms with van der Waals surface area (Å²) < 4.78 is 26.9. The lowest BCUT2D eigenvalue weighted by Gasteiger charge is -2.43. The highest BCUT2D eigenvalue weighted by atomic mass is 16.8. The Morgan fingerprint density at radius 1 is 0.675 bits per heavy atom. The van der Waals surface area contributed by atoms with Crippen LogP contribution < -0.4 is 10.2 Å². The Morgan fingerprint density at radius 3 is 1.95 bits per heavy atom. The van der Waals surface area contributed by atoms with E-state index in [4.69, 9.17) is 23.4 Å². The minimum atomic E-state index is -1.96. The smallest absolute Gasteiger partial charge is 0.231 e. The van der Waals surface area contributed by atoms with Crippen LogP contribution >= 0.6 is 0 Å². The fourth-order valence-electron chi connectivity index (χ4n) is 4.32. The van der Waals surface area contributed by atoms with Gasteiger partial charge in [0.15, 0.2) is 24.3 Å². The van der Waals surface area contributed by atoms with Crippen molar-refractivity contribution in [1.82, 2.24) is 0 Å². The second kappa shape index (κ2) is 10.9. The van der Waals surface area contributed by atoms with Crippen molar-refractivity contribution in [1.29, 1.82) is 0 Å². The number of benzene rings is 2. The Labute approximate surface area is 223 Å². The summed E-state index contributed by atoms with van der Waals surface area (Å²) in [5.74, 6) is -0.645. The number of ether oxygens (including phenoxy) is 4. The molecular weight excluding hydrogens is 540 g/mol. The molecule has 0 radical (unpaired) electrons. The van der Waals surface area contributed by atoms with Crippen molar-refractivity contribution < 1.29 is 69.3 Å². The van der Waals surface area contributed by atoms with Crippen molar-refractivity contribution >= 4 is 11.0 Å². The van der Waals surface area contributed by atoms with E-state index in [1.807, 2.05) is 0 Å². The molecule has 10 atom stereocenters. The summed E-state index contributed by atoms with van der Waals surface area (Å²) in [6.45, 7) is 0. The number of rotatable bonds is 5. The molecule has 9 N–H and O–H groups in total. The van der Waals surface area contributed by atoms with E-state index in [0.29, 0.717) is 5.56 Å². The fourth-order valence-corrected chi connectivity index (χ4v) is 4.32. The van der Waals surface area contributed by atoms with Gasteiger partial charge in [-0.3, -0.25) is 4.79 Å². The van der Waals surface area contributed by atoms with Crippen molar-refractivity contribution in [3.8, 4) is 28.6 Å². The third-order valence-electron chi connectivity index (χ3n) is 6.53. The number of phenols is 2. The Bertz CT molecular complexity index is 1410. The maximum absolute atomic E-state index is 12.7. The average Bonchev–Trinajstić information content (AvgIpc) is 2.91. The first kappa shape index (κ1) is 28.2. The van der Waals surface area contributed by atoms with Crippen molar-refractivity contribution in [2.75, 3.05) is 0 Å². The molecule has 0 saturated carbocycles. The van der Waals surface area contributed by atoms with Gasteiger partial charge in [-0.15, -0.1) is 0 Å². The topological polar surface area (TPSA) is 249 Å². The van der Waals surface area contributed by atoms with Gasteiger partial charge in [-0.2, -0.15) is 0 Å². The first-order chi connectivity index (χ1) is 18.9. The second-order valence-electron chi connectivity index (χ2n) is 9.30. The standard InChI is InChI=1S/C25H26O15/c26-9-3-1-8(2-4-9)13-7-12(28)15-11(27)5-10(6-14(15)37-13)36-23-20(33)17(30)21(34)25(39-23)40-24-19(32)16(29)18(31)22(35)38-24/h1-7,16-27,29-35H/t16-,17+,18-,19+,20+,21-,22-,23+,24-,25+/m0/s1. The molecule has 1 aromatic heterocycles. The zero-order chi connectivity index (χ0) is 28.9. The quantitative estimate of drug-likeness (QED) is 0.159. The van der Waals surface area contributed by atoms with Crippen LogP contribution in [0.25, 0.3) is 22.3 Å². The number of fused-ring (bicyclic) bond motifs is 1. The van der Waals surface area contributed by atoms with E-state index >= 15 is 0 Å². The molecule has 2 aliphatic rings. The first-order valence-corrected chi connectivity index (χ1v) is 11.9. The van der Waals surface area contributed by atoms with E-state index in [-0.39, 0.29) is 28.2 Å². The van der Waals surface area contributed by atoms with Crippen LogP contribution in [0.15, 0.2) is 51.7 Å². The number of hydrogen-bond acceptors (Lipinski definition) is 15. The van der Waals surface area contributed by atoms with Gasteiger partial charge >= 0.3 is 0 Å². The predicted octanol–water partition coefficient (Wildman–Crippen LogP) is -2.21. The molecule has 3 aromatic rings. The van der Waals surface area contributed by atoms with E-state index in [0.717, 1.165) is 12.1 Å². The van der Waals surface area contributed by atoms with Gasteiger partial charge < -0.3 is 69.3 Å². The van der Waals surface area contributed by atoms with E-state index < -0.39 is 73.0 Å². The SMILES string of the molecule is O=c1cc(-c2ccc(O)cc2)oc2cc(O[C@@H]3O[C@H](O[C@@H]4O[C@H](O)[C@@H](O)[C@H](O)[C@H]4O)[C@@H](O)[C@H](O)[C@H]3O)cc(O)c12. The maximum atomic E-state index is 12.7. The van der Waals surface area contributed by atoms with Gasteiger partial charge in [0.05, 0.1) is 0 Å². The zero-order valence-corrected chi connectivity index (χ0v) is 20.3. The van der Waals surface area contributed by atoms with Crippen LogP contribution in [0.5, 0.6) is 17.2 Å². The molecule has 0 aliphatic carbocycles. The summed E-state index contributed by atoms with van der Waals surface area (Å²) >= 11 is 0. The summed E-state index contributed by atoms with van der Waals surface area (Å²) in [5.41, 5.74) is -0.264. The van der Waals surface area contributed by atoms with Gasteiger partial charge in [-0.1, -0.05) is 0 Å². The number of aromatic hydroxyl groups is 2. The third kappa shape index (κ3) is 5.23. The van der Waals surface area contributed by atoms with E-state index in [2.05, 4.69) is 0 Å².